The molecule has 0 fully saturated rings. The number of benzene rings is 8. The molecule has 11 rings (SSSR count). The van der Waals surface area contributed by atoms with E-state index in [2.05, 4.69) is 144 Å². The van der Waals surface area contributed by atoms with Crippen LogP contribution in [0.2, 0.25) is 0 Å². The van der Waals surface area contributed by atoms with Gasteiger partial charge in [0.15, 0.2) is 11.4 Å². The summed E-state index contributed by atoms with van der Waals surface area (Å²) in [7, 11) is 0. The Kier molecular flexibility index (Phi) is 6.22. The summed E-state index contributed by atoms with van der Waals surface area (Å²) in [6.07, 6.45) is 0. The fourth-order valence-corrected chi connectivity index (χ4v) is 8.03. The van der Waals surface area contributed by atoms with Crippen LogP contribution in [-0.2, 0) is 0 Å². The summed E-state index contributed by atoms with van der Waals surface area (Å²) in [6, 6.07) is 61.8. The van der Waals surface area contributed by atoms with Crippen LogP contribution < -0.4 is 0 Å². The molecule has 0 aliphatic heterocycles. The van der Waals surface area contributed by atoms with E-state index in [0.717, 1.165) is 72.1 Å². The molecule has 0 atom stereocenters. The van der Waals surface area contributed by atoms with Crippen LogP contribution in [0.5, 0.6) is 0 Å². The van der Waals surface area contributed by atoms with E-state index in [9.17, 15) is 0 Å². The van der Waals surface area contributed by atoms with E-state index in [4.69, 9.17) is 14.4 Å². The van der Waals surface area contributed by atoms with Crippen molar-refractivity contribution < 1.29 is 4.42 Å². The highest BCUT2D eigenvalue weighted by Gasteiger charge is 2.22. The standard InChI is InChI=1S/C48H29N3O/c1-3-14-30(15-4-1)41-29-42(50-48(49-41)31-16-5-2-6-17-31)40-24-13-23-38-39-27-26-37-36-22-11-12-25-43(36)51(45(37)47(39)52-46(38)40)44-28-32-18-7-8-19-33(32)34-20-9-10-21-35(34)44/h1-29H. The summed E-state index contributed by atoms with van der Waals surface area (Å²) >= 11 is 0. The zero-order valence-corrected chi connectivity index (χ0v) is 28.0. The predicted octanol–water partition coefficient (Wildman–Crippen LogP) is 12.8. The molecule has 4 heteroatoms. The Bertz CT molecular complexity index is 3120. The first kappa shape index (κ1) is 28.8. The van der Waals surface area contributed by atoms with Crippen molar-refractivity contribution in [1.29, 1.82) is 0 Å². The van der Waals surface area contributed by atoms with Crippen molar-refractivity contribution in [3.05, 3.63) is 176 Å². The van der Waals surface area contributed by atoms with Gasteiger partial charge in [-0.2, -0.15) is 0 Å². The van der Waals surface area contributed by atoms with E-state index in [1.807, 2.05) is 36.4 Å². The average Bonchev–Trinajstić information content (AvgIpc) is 3.77. The van der Waals surface area contributed by atoms with Crippen LogP contribution >= 0.6 is 0 Å². The van der Waals surface area contributed by atoms with Crippen LogP contribution in [0.3, 0.4) is 0 Å². The minimum Gasteiger partial charge on any atom is -0.453 e. The summed E-state index contributed by atoms with van der Waals surface area (Å²) in [5.74, 6) is 0.677. The number of furan rings is 1. The van der Waals surface area contributed by atoms with Crippen LogP contribution in [0.15, 0.2) is 180 Å². The first-order valence-electron chi connectivity index (χ1n) is 17.6. The van der Waals surface area contributed by atoms with Gasteiger partial charge in [-0.15, -0.1) is 0 Å². The molecular formula is C48H29N3O. The van der Waals surface area contributed by atoms with Gasteiger partial charge in [-0.1, -0.05) is 146 Å². The zero-order chi connectivity index (χ0) is 34.2. The van der Waals surface area contributed by atoms with Crippen LogP contribution in [-0.4, -0.2) is 14.5 Å². The summed E-state index contributed by atoms with van der Waals surface area (Å²) in [5, 5.41) is 9.33. The summed E-state index contributed by atoms with van der Waals surface area (Å²) in [6.45, 7) is 0. The first-order chi connectivity index (χ1) is 25.8. The third kappa shape index (κ3) is 4.28. The third-order valence-electron chi connectivity index (χ3n) is 10.4. The van der Waals surface area contributed by atoms with Crippen LogP contribution in [0.25, 0.3) is 105 Å². The molecule has 3 aromatic heterocycles. The summed E-state index contributed by atoms with van der Waals surface area (Å²) in [5.41, 5.74) is 9.60. The monoisotopic (exact) mass is 663 g/mol. The number of para-hydroxylation sites is 2. The molecular weight excluding hydrogens is 635 g/mol. The van der Waals surface area contributed by atoms with Gasteiger partial charge in [0.25, 0.3) is 0 Å². The molecule has 0 bridgehead atoms. The van der Waals surface area contributed by atoms with E-state index in [1.165, 1.54) is 26.9 Å². The Labute approximate surface area is 298 Å². The smallest absolute Gasteiger partial charge is 0.160 e. The van der Waals surface area contributed by atoms with Gasteiger partial charge in [0.05, 0.1) is 28.1 Å². The van der Waals surface area contributed by atoms with E-state index in [0.29, 0.717) is 5.82 Å². The third-order valence-corrected chi connectivity index (χ3v) is 10.4. The van der Waals surface area contributed by atoms with Gasteiger partial charge in [-0.25, -0.2) is 9.97 Å². The number of nitrogens with zero attached hydrogens (tertiary/aromatic N) is 3. The van der Waals surface area contributed by atoms with E-state index < -0.39 is 0 Å². The number of hydrogen-bond donors (Lipinski definition) is 0. The fourth-order valence-electron chi connectivity index (χ4n) is 8.03. The maximum atomic E-state index is 7.15. The lowest BCUT2D eigenvalue weighted by atomic mass is 10.00. The van der Waals surface area contributed by atoms with Gasteiger partial charge < -0.3 is 8.98 Å². The second kappa shape index (κ2) is 11.2. The maximum absolute atomic E-state index is 7.15. The summed E-state index contributed by atoms with van der Waals surface area (Å²) in [4.78, 5) is 10.2. The molecule has 0 unspecified atom stereocenters. The van der Waals surface area contributed by atoms with Crippen molar-refractivity contribution in [2.24, 2.45) is 0 Å². The minimum atomic E-state index is 0.677. The Morgan fingerprint density at radius 2 is 1.02 bits per heavy atom. The largest absolute Gasteiger partial charge is 0.453 e. The van der Waals surface area contributed by atoms with Crippen molar-refractivity contribution in [3.8, 4) is 39.6 Å². The normalized spacial score (nSPS) is 11.8. The Morgan fingerprint density at radius 3 is 1.85 bits per heavy atom. The van der Waals surface area contributed by atoms with E-state index in [-0.39, 0.29) is 0 Å². The van der Waals surface area contributed by atoms with Gasteiger partial charge in [0.2, 0.25) is 0 Å². The molecule has 0 N–H and O–H groups in total. The number of hydrogen-bond acceptors (Lipinski definition) is 3. The number of rotatable bonds is 4. The van der Waals surface area contributed by atoms with Gasteiger partial charge in [-0.05, 0) is 46.5 Å². The molecule has 8 aromatic carbocycles. The van der Waals surface area contributed by atoms with Crippen molar-refractivity contribution in [3.63, 3.8) is 0 Å². The molecule has 52 heavy (non-hydrogen) atoms. The SMILES string of the molecule is c1ccc(-c2cc(-c3cccc4c3oc3c4ccc4c5ccccc5n(-c5cc6ccccc6c6ccccc56)c43)nc(-c3ccccc3)n2)cc1. The average molecular weight is 664 g/mol. The maximum Gasteiger partial charge on any atom is 0.160 e. The van der Waals surface area contributed by atoms with Crippen molar-refractivity contribution in [1.82, 2.24) is 14.5 Å². The predicted molar refractivity (Wildman–Crippen MR) is 215 cm³/mol. The van der Waals surface area contributed by atoms with Crippen molar-refractivity contribution in [2.75, 3.05) is 0 Å². The molecule has 0 saturated heterocycles. The Morgan fingerprint density at radius 1 is 0.404 bits per heavy atom. The minimum absolute atomic E-state index is 0.677. The highest BCUT2D eigenvalue weighted by atomic mass is 16.3. The number of aromatic nitrogens is 3. The zero-order valence-electron chi connectivity index (χ0n) is 28.0. The highest BCUT2D eigenvalue weighted by Crippen LogP contribution is 2.44. The molecule has 3 heterocycles. The van der Waals surface area contributed by atoms with E-state index in [1.54, 1.807) is 0 Å². The lowest BCUT2D eigenvalue weighted by Crippen LogP contribution is -1.96. The molecule has 0 spiro atoms. The molecule has 11 aromatic rings. The van der Waals surface area contributed by atoms with E-state index >= 15 is 0 Å². The van der Waals surface area contributed by atoms with Gasteiger partial charge in [0.1, 0.15) is 5.58 Å². The lowest BCUT2D eigenvalue weighted by Gasteiger charge is -2.14. The van der Waals surface area contributed by atoms with Gasteiger partial charge in [0, 0.05) is 43.6 Å². The van der Waals surface area contributed by atoms with Gasteiger partial charge >= 0.3 is 0 Å². The molecule has 0 aliphatic carbocycles. The molecule has 0 aliphatic rings. The summed E-state index contributed by atoms with van der Waals surface area (Å²) < 4.78 is 9.56. The molecule has 0 saturated carbocycles. The fraction of sp³-hybridized carbons (Fsp3) is 0. The first-order valence-corrected chi connectivity index (χ1v) is 17.6. The van der Waals surface area contributed by atoms with Crippen LogP contribution in [0.4, 0.5) is 0 Å². The lowest BCUT2D eigenvalue weighted by molar-refractivity contribution is 0.672. The molecule has 0 radical (unpaired) electrons. The quantitative estimate of drug-likeness (QED) is 0.176. The number of fused-ring (bicyclic) bond motifs is 10. The van der Waals surface area contributed by atoms with Gasteiger partial charge in [-0.3, -0.25) is 0 Å². The second-order valence-electron chi connectivity index (χ2n) is 13.3. The van der Waals surface area contributed by atoms with Crippen LogP contribution in [0, 0.1) is 0 Å². The second-order valence-corrected chi connectivity index (χ2v) is 13.3. The van der Waals surface area contributed by atoms with Crippen LogP contribution in [0.1, 0.15) is 0 Å². The van der Waals surface area contributed by atoms with Crippen molar-refractivity contribution >= 4 is 65.3 Å². The molecule has 0 amide bonds. The molecule has 242 valence electrons. The Hall–Kier alpha value is -7.04. The molecule has 4 nitrogen and oxygen atoms in total. The highest BCUT2D eigenvalue weighted by molar-refractivity contribution is 6.23. The van der Waals surface area contributed by atoms with Crippen molar-refractivity contribution in [2.45, 2.75) is 0 Å². The Balaban J connectivity index is 1.23. The topological polar surface area (TPSA) is 43.9 Å².